The summed E-state index contributed by atoms with van der Waals surface area (Å²) in [5.41, 5.74) is 2.02. The quantitative estimate of drug-likeness (QED) is 0.526. The van der Waals surface area contributed by atoms with E-state index in [1.807, 2.05) is 10.8 Å². The molecule has 1 heterocycles. The minimum atomic E-state index is -0.420. The SMILES string of the molecule is CCCCc1cn(CCCCO)c(CC(=O)OC)c1C(=O)OC. The maximum Gasteiger partial charge on any atom is 0.339 e. The Morgan fingerprint density at radius 3 is 2.48 bits per heavy atom. The summed E-state index contributed by atoms with van der Waals surface area (Å²) in [7, 11) is 2.67. The number of esters is 2. The van der Waals surface area contributed by atoms with Gasteiger partial charge in [-0.05, 0) is 31.2 Å². The Morgan fingerprint density at radius 1 is 1.17 bits per heavy atom. The Hall–Kier alpha value is -1.82. The summed E-state index contributed by atoms with van der Waals surface area (Å²) in [5, 5.41) is 8.94. The maximum atomic E-state index is 12.2. The summed E-state index contributed by atoms with van der Waals surface area (Å²) in [6.07, 6.45) is 6.15. The van der Waals surface area contributed by atoms with E-state index in [-0.39, 0.29) is 13.0 Å². The molecular weight excluding hydrogens is 298 g/mol. The number of nitrogens with zero attached hydrogens (tertiary/aromatic N) is 1. The molecule has 23 heavy (non-hydrogen) atoms. The van der Waals surface area contributed by atoms with Gasteiger partial charge in [0.2, 0.25) is 0 Å². The highest BCUT2D eigenvalue weighted by atomic mass is 16.5. The molecule has 0 aliphatic rings. The minimum absolute atomic E-state index is 0.0339. The van der Waals surface area contributed by atoms with E-state index in [1.165, 1.54) is 14.2 Å². The number of aliphatic hydroxyl groups is 1. The van der Waals surface area contributed by atoms with E-state index in [0.717, 1.165) is 31.2 Å². The van der Waals surface area contributed by atoms with Crippen LogP contribution in [0.2, 0.25) is 0 Å². The number of rotatable bonds is 10. The highest BCUT2D eigenvalue weighted by Gasteiger charge is 2.24. The predicted molar refractivity (Wildman–Crippen MR) is 86.4 cm³/mol. The van der Waals surface area contributed by atoms with Crippen molar-refractivity contribution in [2.24, 2.45) is 0 Å². The lowest BCUT2D eigenvalue weighted by Gasteiger charge is -2.10. The molecule has 0 amide bonds. The summed E-state index contributed by atoms with van der Waals surface area (Å²) in [6, 6.07) is 0. The van der Waals surface area contributed by atoms with E-state index in [0.29, 0.717) is 24.2 Å². The van der Waals surface area contributed by atoms with Crippen LogP contribution in [-0.2, 0) is 33.7 Å². The van der Waals surface area contributed by atoms with Gasteiger partial charge in [0.1, 0.15) is 0 Å². The van der Waals surface area contributed by atoms with Crippen LogP contribution in [0.25, 0.3) is 0 Å². The molecule has 0 atom stereocenters. The van der Waals surface area contributed by atoms with E-state index in [2.05, 4.69) is 6.92 Å². The Labute approximate surface area is 137 Å². The van der Waals surface area contributed by atoms with Crippen molar-refractivity contribution in [3.05, 3.63) is 23.0 Å². The fraction of sp³-hybridized carbons (Fsp3) is 0.647. The Kier molecular flexibility index (Phi) is 8.40. The van der Waals surface area contributed by atoms with E-state index < -0.39 is 11.9 Å². The first kappa shape index (κ1) is 19.2. The molecule has 1 aromatic rings. The number of carbonyl (C=O) groups excluding carboxylic acids is 2. The Bertz CT molecular complexity index is 521. The van der Waals surface area contributed by atoms with Crippen LogP contribution in [0, 0.1) is 0 Å². The van der Waals surface area contributed by atoms with Gasteiger partial charge in [-0.25, -0.2) is 4.79 Å². The summed E-state index contributed by atoms with van der Waals surface area (Å²) in [4.78, 5) is 23.9. The van der Waals surface area contributed by atoms with Crippen LogP contribution >= 0.6 is 0 Å². The maximum absolute atomic E-state index is 12.2. The van der Waals surface area contributed by atoms with Crippen LogP contribution in [-0.4, -0.2) is 42.4 Å². The van der Waals surface area contributed by atoms with Crippen LogP contribution in [0.3, 0.4) is 0 Å². The van der Waals surface area contributed by atoms with Gasteiger partial charge >= 0.3 is 11.9 Å². The van der Waals surface area contributed by atoms with Crippen molar-refractivity contribution in [3.8, 4) is 0 Å². The average Bonchev–Trinajstić information content (AvgIpc) is 2.89. The second-order valence-electron chi connectivity index (χ2n) is 5.45. The number of methoxy groups -OCH3 is 2. The topological polar surface area (TPSA) is 77.8 Å². The van der Waals surface area contributed by atoms with E-state index >= 15 is 0 Å². The third-order valence-electron chi connectivity index (χ3n) is 3.80. The van der Waals surface area contributed by atoms with Gasteiger partial charge in [-0.1, -0.05) is 13.3 Å². The predicted octanol–water partition coefficient (Wildman–Crippen LogP) is 2.11. The van der Waals surface area contributed by atoms with Crippen molar-refractivity contribution in [1.29, 1.82) is 0 Å². The first-order chi connectivity index (χ1) is 11.1. The van der Waals surface area contributed by atoms with E-state index in [1.54, 1.807) is 0 Å². The molecule has 0 aliphatic heterocycles. The molecule has 1 N–H and O–H groups in total. The molecule has 0 saturated carbocycles. The second-order valence-corrected chi connectivity index (χ2v) is 5.45. The summed E-state index contributed by atoms with van der Waals surface area (Å²) < 4.78 is 11.6. The number of aliphatic hydroxyl groups excluding tert-OH is 1. The van der Waals surface area contributed by atoms with Crippen molar-refractivity contribution in [2.45, 2.75) is 52.0 Å². The molecule has 0 unspecified atom stereocenters. The smallest absolute Gasteiger partial charge is 0.339 e. The largest absolute Gasteiger partial charge is 0.469 e. The number of hydrogen-bond acceptors (Lipinski definition) is 5. The van der Waals surface area contributed by atoms with Crippen LogP contribution in [0.5, 0.6) is 0 Å². The monoisotopic (exact) mass is 325 g/mol. The minimum Gasteiger partial charge on any atom is -0.469 e. The van der Waals surface area contributed by atoms with Gasteiger partial charge in [-0.3, -0.25) is 4.79 Å². The Balaban J connectivity index is 3.21. The van der Waals surface area contributed by atoms with Gasteiger partial charge in [0.05, 0.1) is 26.2 Å². The van der Waals surface area contributed by atoms with E-state index in [9.17, 15) is 9.59 Å². The van der Waals surface area contributed by atoms with Crippen molar-refractivity contribution < 1.29 is 24.2 Å². The van der Waals surface area contributed by atoms with Gasteiger partial charge in [-0.15, -0.1) is 0 Å². The fourth-order valence-corrected chi connectivity index (χ4v) is 2.56. The van der Waals surface area contributed by atoms with Crippen molar-refractivity contribution in [1.82, 2.24) is 4.57 Å². The molecular formula is C17H27NO5. The molecule has 0 spiro atoms. The lowest BCUT2D eigenvalue weighted by atomic mass is 10.0. The first-order valence-electron chi connectivity index (χ1n) is 8.05. The van der Waals surface area contributed by atoms with Gasteiger partial charge in [0.15, 0.2) is 0 Å². The van der Waals surface area contributed by atoms with Crippen LogP contribution in [0.4, 0.5) is 0 Å². The zero-order valence-corrected chi connectivity index (χ0v) is 14.3. The highest BCUT2D eigenvalue weighted by Crippen LogP contribution is 2.23. The number of ether oxygens (including phenoxy) is 2. The van der Waals surface area contributed by atoms with Crippen molar-refractivity contribution in [2.75, 3.05) is 20.8 Å². The third kappa shape index (κ3) is 5.39. The van der Waals surface area contributed by atoms with Crippen LogP contribution in [0.15, 0.2) is 6.20 Å². The number of aryl methyl sites for hydroxylation is 2. The molecule has 0 radical (unpaired) electrons. The van der Waals surface area contributed by atoms with Gasteiger partial charge in [-0.2, -0.15) is 0 Å². The summed E-state index contributed by atoms with van der Waals surface area (Å²) in [5.74, 6) is -0.811. The summed E-state index contributed by atoms with van der Waals surface area (Å²) >= 11 is 0. The zero-order valence-electron chi connectivity index (χ0n) is 14.3. The highest BCUT2D eigenvalue weighted by molar-refractivity contribution is 5.94. The number of aromatic nitrogens is 1. The Morgan fingerprint density at radius 2 is 1.91 bits per heavy atom. The molecule has 130 valence electrons. The molecule has 1 rings (SSSR count). The van der Waals surface area contributed by atoms with Crippen LogP contribution < -0.4 is 0 Å². The molecule has 0 saturated heterocycles. The third-order valence-corrected chi connectivity index (χ3v) is 3.80. The molecule has 6 heteroatoms. The van der Waals surface area contributed by atoms with Crippen LogP contribution in [0.1, 0.15) is 54.2 Å². The zero-order chi connectivity index (χ0) is 17.2. The molecule has 0 aromatic carbocycles. The van der Waals surface area contributed by atoms with Gasteiger partial charge in [0.25, 0.3) is 0 Å². The molecule has 0 bridgehead atoms. The van der Waals surface area contributed by atoms with Gasteiger partial charge in [0, 0.05) is 25.0 Å². The normalized spacial score (nSPS) is 10.6. The standard InChI is InChI=1S/C17H27NO5/c1-4-5-8-13-12-18(9-6-7-10-19)14(11-15(20)22-2)16(13)17(21)23-3/h12,19H,4-11H2,1-3H3. The molecule has 6 nitrogen and oxygen atoms in total. The summed E-state index contributed by atoms with van der Waals surface area (Å²) in [6.45, 7) is 2.86. The first-order valence-corrected chi connectivity index (χ1v) is 8.05. The molecule has 1 aromatic heterocycles. The second kappa shape index (κ2) is 10.0. The lowest BCUT2D eigenvalue weighted by Crippen LogP contribution is -2.15. The molecule has 0 fully saturated rings. The molecule has 0 aliphatic carbocycles. The van der Waals surface area contributed by atoms with E-state index in [4.69, 9.17) is 14.6 Å². The average molecular weight is 325 g/mol. The number of carbonyl (C=O) groups is 2. The number of hydrogen-bond donors (Lipinski definition) is 1. The fourth-order valence-electron chi connectivity index (χ4n) is 2.56. The van der Waals surface area contributed by atoms with Crippen molar-refractivity contribution >= 4 is 11.9 Å². The lowest BCUT2D eigenvalue weighted by molar-refractivity contribution is -0.139. The van der Waals surface area contributed by atoms with Gasteiger partial charge < -0.3 is 19.1 Å². The number of unbranched alkanes of at least 4 members (excludes halogenated alkanes) is 2. The van der Waals surface area contributed by atoms with Crippen molar-refractivity contribution in [3.63, 3.8) is 0 Å².